The van der Waals surface area contributed by atoms with Crippen molar-refractivity contribution in [3.63, 3.8) is 0 Å². The molecule has 0 bridgehead atoms. The van der Waals surface area contributed by atoms with Gasteiger partial charge < -0.3 is 20.1 Å². The van der Waals surface area contributed by atoms with Gasteiger partial charge in [-0.2, -0.15) is 4.98 Å². The van der Waals surface area contributed by atoms with Crippen LogP contribution >= 0.6 is 0 Å². The number of nitrogens with one attached hydrogen (secondary N) is 2. The Balaban J connectivity index is 1.38. The summed E-state index contributed by atoms with van der Waals surface area (Å²) in [7, 11) is 3.68. The number of anilines is 1. The Kier molecular flexibility index (Phi) is 4.49. The van der Waals surface area contributed by atoms with Crippen molar-refractivity contribution in [3.8, 4) is 0 Å². The van der Waals surface area contributed by atoms with Gasteiger partial charge in [0.1, 0.15) is 0 Å². The van der Waals surface area contributed by atoms with Crippen LogP contribution in [0.15, 0.2) is 4.52 Å². The summed E-state index contributed by atoms with van der Waals surface area (Å²) >= 11 is 0. The van der Waals surface area contributed by atoms with E-state index < -0.39 is 0 Å². The summed E-state index contributed by atoms with van der Waals surface area (Å²) < 4.78 is 5.07. The second-order valence-electron chi connectivity index (χ2n) is 6.61. The van der Waals surface area contributed by atoms with Crippen LogP contribution in [0.1, 0.15) is 44.4 Å². The number of hydrogen-bond acceptors (Lipinski definition) is 5. The fourth-order valence-electron chi connectivity index (χ4n) is 3.34. The molecule has 7 heteroatoms. The van der Waals surface area contributed by atoms with Crippen LogP contribution in [0.25, 0.3) is 0 Å². The van der Waals surface area contributed by atoms with E-state index in [-0.39, 0.29) is 12.6 Å². The van der Waals surface area contributed by atoms with Gasteiger partial charge in [-0.15, -0.1) is 0 Å². The first-order valence-corrected chi connectivity index (χ1v) is 8.18. The zero-order valence-corrected chi connectivity index (χ0v) is 13.3. The monoisotopic (exact) mass is 307 g/mol. The van der Waals surface area contributed by atoms with Crippen LogP contribution in [0.2, 0.25) is 0 Å². The Morgan fingerprint density at radius 2 is 2.09 bits per heavy atom. The van der Waals surface area contributed by atoms with Gasteiger partial charge in [0, 0.05) is 20.1 Å². The number of hydrogen-bond donors (Lipinski definition) is 2. The molecule has 1 aromatic rings. The van der Waals surface area contributed by atoms with Crippen LogP contribution in [-0.2, 0) is 6.54 Å². The van der Waals surface area contributed by atoms with Crippen LogP contribution in [0.5, 0.6) is 0 Å². The van der Waals surface area contributed by atoms with E-state index in [4.69, 9.17) is 4.52 Å². The molecule has 0 spiro atoms. The maximum atomic E-state index is 11.9. The zero-order chi connectivity index (χ0) is 15.5. The molecule has 2 saturated carbocycles. The van der Waals surface area contributed by atoms with Crippen molar-refractivity contribution < 1.29 is 9.32 Å². The van der Waals surface area contributed by atoms with Gasteiger partial charge in [-0.05, 0) is 23.4 Å². The largest absolute Gasteiger partial charge is 0.344 e. The molecule has 1 heterocycles. The summed E-state index contributed by atoms with van der Waals surface area (Å²) in [6.45, 7) is 0.257. The van der Waals surface area contributed by atoms with E-state index in [2.05, 4.69) is 20.8 Å². The average molecular weight is 307 g/mol. The minimum atomic E-state index is -0.145. The highest BCUT2D eigenvalue weighted by atomic mass is 16.5. The van der Waals surface area contributed by atoms with Crippen molar-refractivity contribution in [2.45, 2.75) is 51.1 Å². The molecular weight excluding hydrogens is 282 g/mol. The molecule has 0 unspecified atom stereocenters. The SMILES string of the molecule is CN(C)c1noc(CNC(=O)N[C@@H]2C[C@H]2C2CCCCC2)n1. The maximum absolute atomic E-state index is 11.9. The number of carbonyl (C=O) groups is 1. The molecule has 2 atom stereocenters. The topological polar surface area (TPSA) is 83.3 Å². The number of amides is 2. The highest BCUT2D eigenvalue weighted by Gasteiger charge is 2.43. The van der Waals surface area contributed by atoms with E-state index in [1.807, 2.05) is 14.1 Å². The molecule has 7 nitrogen and oxygen atoms in total. The van der Waals surface area contributed by atoms with Gasteiger partial charge in [0.15, 0.2) is 0 Å². The Bertz CT molecular complexity index is 510. The predicted molar refractivity (Wildman–Crippen MR) is 82.5 cm³/mol. The number of carbonyl (C=O) groups excluding carboxylic acids is 1. The molecule has 2 N–H and O–H groups in total. The second kappa shape index (κ2) is 6.54. The fourth-order valence-corrected chi connectivity index (χ4v) is 3.34. The molecule has 2 aliphatic rings. The quantitative estimate of drug-likeness (QED) is 0.868. The molecule has 22 heavy (non-hydrogen) atoms. The lowest BCUT2D eigenvalue weighted by molar-refractivity contribution is 0.236. The lowest BCUT2D eigenvalue weighted by Crippen LogP contribution is -2.37. The van der Waals surface area contributed by atoms with Crippen molar-refractivity contribution in [1.82, 2.24) is 20.8 Å². The van der Waals surface area contributed by atoms with E-state index in [0.29, 0.717) is 23.8 Å². The molecule has 0 radical (unpaired) electrons. The highest BCUT2D eigenvalue weighted by molar-refractivity contribution is 5.74. The van der Waals surface area contributed by atoms with Gasteiger partial charge in [-0.25, -0.2) is 4.79 Å². The number of rotatable bonds is 5. The Hall–Kier alpha value is -1.79. The lowest BCUT2D eigenvalue weighted by Gasteiger charge is -2.21. The minimum Gasteiger partial charge on any atom is -0.344 e. The number of nitrogens with zero attached hydrogens (tertiary/aromatic N) is 3. The minimum absolute atomic E-state index is 0.145. The summed E-state index contributed by atoms with van der Waals surface area (Å²) in [5.74, 6) is 2.43. The molecule has 2 aliphatic carbocycles. The van der Waals surface area contributed by atoms with Gasteiger partial charge in [-0.3, -0.25) is 0 Å². The van der Waals surface area contributed by atoms with Gasteiger partial charge in [0.25, 0.3) is 5.95 Å². The molecule has 1 aromatic heterocycles. The molecule has 0 aromatic carbocycles. The van der Waals surface area contributed by atoms with E-state index in [9.17, 15) is 4.79 Å². The van der Waals surface area contributed by atoms with E-state index in [1.54, 1.807) is 4.90 Å². The molecule has 122 valence electrons. The highest BCUT2D eigenvalue weighted by Crippen LogP contribution is 2.44. The Morgan fingerprint density at radius 3 is 2.77 bits per heavy atom. The third kappa shape index (κ3) is 3.69. The molecule has 2 fully saturated rings. The average Bonchev–Trinajstić information content (AvgIpc) is 3.10. The molecule has 0 saturated heterocycles. The van der Waals surface area contributed by atoms with Gasteiger partial charge in [-0.1, -0.05) is 32.1 Å². The van der Waals surface area contributed by atoms with Gasteiger partial charge in [0.05, 0.1) is 6.54 Å². The fraction of sp³-hybridized carbons (Fsp3) is 0.800. The Labute approximate surface area is 130 Å². The zero-order valence-electron chi connectivity index (χ0n) is 13.3. The van der Waals surface area contributed by atoms with Crippen molar-refractivity contribution in [1.29, 1.82) is 0 Å². The van der Waals surface area contributed by atoms with E-state index >= 15 is 0 Å². The van der Waals surface area contributed by atoms with Crippen LogP contribution in [0.4, 0.5) is 10.7 Å². The maximum Gasteiger partial charge on any atom is 0.315 e. The molecule has 3 rings (SSSR count). The summed E-state index contributed by atoms with van der Waals surface area (Å²) in [6, 6.07) is 0.205. The van der Waals surface area contributed by atoms with Crippen molar-refractivity contribution in [2.24, 2.45) is 11.8 Å². The normalized spacial score (nSPS) is 24.8. The molecule has 2 amide bonds. The first kappa shape index (κ1) is 15.1. The summed E-state index contributed by atoms with van der Waals surface area (Å²) in [6.07, 6.45) is 7.88. The smallest absolute Gasteiger partial charge is 0.315 e. The predicted octanol–water partition coefficient (Wildman–Crippen LogP) is 1.90. The van der Waals surface area contributed by atoms with Crippen LogP contribution in [0.3, 0.4) is 0 Å². The van der Waals surface area contributed by atoms with E-state index in [1.165, 1.54) is 32.1 Å². The summed E-state index contributed by atoms with van der Waals surface area (Å²) in [4.78, 5) is 17.8. The number of aromatic nitrogens is 2. The van der Waals surface area contributed by atoms with Crippen molar-refractivity contribution in [3.05, 3.63) is 5.89 Å². The van der Waals surface area contributed by atoms with Crippen molar-refractivity contribution >= 4 is 12.0 Å². The van der Waals surface area contributed by atoms with Crippen LogP contribution in [-0.4, -0.2) is 36.3 Å². The molecule has 0 aliphatic heterocycles. The second-order valence-corrected chi connectivity index (χ2v) is 6.61. The standard InChI is InChI=1S/C15H25N5O2/c1-20(2)14-18-13(22-19-14)9-16-15(21)17-12-8-11(12)10-6-4-3-5-7-10/h10-12H,3-9H2,1-2H3,(H2,16,17,21)/t11-,12+/m0/s1. The van der Waals surface area contributed by atoms with Crippen LogP contribution in [0, 0.1) is 11.8 Å². The third-order valence-corrected chi connectivity index (χ3v) is 4.67. The summed E-state index contributed by atoms with van der Waals surface area (Å²) in [5, 5.41) is 9.64. The van der Waals surface area contributed by atoms with Gasteiger partial charge in [0.2, 0.25) is 5.89 Å². The molecular formula is C15H25N5O2. The van der Waals surface area contributed by atoms with Crippen molar-refractivity contribution in [2.75, 3.05) is 19.0 Å². The third-order valence-electron chi connectivity index (χ3n) is 4.67. The first-order chi connectivity index (χ1) is 10.6. The number of urea groups is 1. The van der Waals surface area contributed by atoms with Gasteiger partial charge >= 0.3 is 6.03 Å². The van der Waals surface area contributed by atoms with E-state index in [0.717, 1.165) is 12.3 Å². The lowest BCUT2D eigenvalue weighted by atomic mass is 9.85. The summed E-state index contributed by atoms with van der Waals surface area (Å²) in [5.41, 5.74) is 0. The van der Waals surface area contributed by atoms with Crippen LogP contribution < -0.4 is 15.5 Å². The first-order valence-electron chi connectivity index (χ1n) is 8.18. The Morgan fingerprint density at radius 1 is 1.32 bits per heavy atom.